The van der Waals surface area contributed by atoms with Gasteiger partial charge in [0.25, 0.3) is 0 Å². The summed E-state index contributed by atoms with van der Waals surface area (Å²) in [5, 5.41) is 10.3. The number of hydrogen-bond donors (Lipinski definition) is 1. The molecule has 0 heterocycles. The first-order chi connectivity index (χ1) is 12.4. The van der Waals surface area contributed by atoms with Gasteiger partial charge in [-0.2, -0.15) is 0 Å². The summed E-state index contributed by atoms with van der Waals surface area (Å²) in [5.41, 5.74) is 3.36. The molecule has 2 aromatic rings. The van der Waals surface area contributed by atoms with Crippen molar-refractivity contribution in [3.05, 3.63) is 77.6 Å². The van der Waals surface area contributed by atoms with Crippen LogP contribution in [0.25, 0.3) is 5.57 Å². The Morgan fingerprint density at radius 3 is 2.31 bits per heavy atom. The molecule has 0 bridgehead atoms. The zero-order valence-electron chi connectivity index (χ0n) is 13.2. The highest BCUT2D eigenvalue weighted by molar-refractivity contribution is 14.1. The Kier molecular flexibility index (Phi) is 8.23. The molecular weight excluding hydrogens is 895 g/mol. The van der Waals surface area contributed by atoms with Crippen LogP contribution in [-0.2, 0) is 6.61 Å². The molecule has 2 nitrogen and oxygen atoms in total. The third kappa shape index (κ3) is 5.20. The normalized spacial score (nSPS) is 14.8. The van der Waals surface area contributed by atoms with Gasteiger partial charge in [0.05, 0.1) is 10.7 Å². The van der Waals surface area contributed by atoms with E-state index >= 15 is 0 Å². The minimum Gasteiger partial charge on any atom is -0.506 e. The van der Waals surface area contributed by atoms with Crippen LogP contribution in [0.4, 0.5) is 0 Å². The van der Waals surface area contributed by atoms with Gasteiger partial charge < -0.3 is 9.84 Å². The maximum absolute atomic E-state index is 10.3. The van der Waals surface area contributed by atoms with Crippen molar-refractivity contribution in [1.29, 1.82) is 0 Å². The van der Waals surface area contributed by atoms with Crippen molar-refractivity contribution in [3.8, 4) is 5.75 Å². The van der Waals surface area contributed by atoms with Gasteiger partial charge >= 0.3 is 0 Å². The SMILES string of the molecule is OC1=C(I)C[CH]C(c2cc(I)c(OCc3cccc(I)c3)c(I)c2)=C1I. The fourth-order valence-corrected chi connectivity index (χ4v) is 7.05. The third-order valence-corrected chi connectivity index (χ3v) is 8.09. The average molecular weight is 907 g/mol. The summed E-state index contributed by atoms with van der Waals surface area (Å²) in [4.78, 5) is 0. The second kappa shape index (κ2) is 9.78. The second-order valence-electron chi connectivity index (χ2n) is 5.58. The van der Waals surface area contributed by atoms with Crippen molar-refractivity contribution in [1.82, 2.24) is 0 Å². The Hall–Kier alpha value is 1.17. The zero-order chi connectivity index (χ0) is 18.8. The standard InChI is InChI=1S/C19H12I5O2/c20-12-3-1-2-10(6-12)9-26-19-15(22)7-11(8-16(19)23)13-4-5-14(21)18(25)17(13)24/h1-4,6-8,25H,5,9H2. The topological polar surface area (TPSA) is 29.5 Å². The van der Waals surface area contributed by atoms with Gasteiger partial charge in [0.2, 0.25) is 0 Å². The molecule has 1 N–H and O–H groups in total. The Balaban J connectivity index is 1.87. The maximum Gasteiger partial charge on any atom is 0.146 e. The van der Waals surface area contributed by atoms with E-state index in [0.717, 1.165) is 43.2 Å². The molecule has 135 valence electrons. The van der Waals surface area contributed by atoms with Gasteiger partial charge in [-0.25, -0.2) is 0 Å². The molecule has 0 unspecified atom stereocenters. The van der Waals surface area contributed by atoms with Crippen LogP contribution in [0.3, 0.4) is 0 Å². The van der Waals surface area contributed by atoms with E-state index in [-0.39, 0.29) is 0 Å². The van der Waals surface area contributed by atoms with E-state index in [1.54, 1.807) is 0 Å². The monoisotopic (exact) mass is 907 g/mol. The van der Waals surface area contributed by atoms with Gasteiger partial charge in [-0.05, 0) is 167 Å². The number of aliphatic hydroxyl groups is 1. The quantitative estimate of drug-likeness (QED) is 0.315. The molecule has 0 amide bonds. The molecular formula is C19H12I5O2. The van der Waals surface area contributed by atoms with Crippen LogP contribution >= 0.6 is 113 Å². The van der Waals surface area contributed by atoms with Crippen molar-refractivity contribution < 1.29 is 9.84 Å². The summed E-state index contributed by atoms with van der Waals surface area (Å²) in [6, 6.07) is 12.6. The van der Waals surface area contributed by atoms with Crippen LogP contribution < -0.4 is 4.74 Å². The van der Waals surface area contributed by atoms with Crippen LogP contribution in [-0.4, -0.2) is 5.11 Å². The van der Waals surface area contributed by atoms with Crippen molar-refractivity contribution in [2.24, 2.45) is 0 Å². The van der Waals surface area contributed by atoms with E-state index in [2.05, 4.69) is 150 Å². The number of ether oxygens (including phenoxy) is 1. The van der Waals surface area contributed by atoms with Gasteiger partial charge in [-0.3, -0.25) is 0 Å². The van der Waals surface area contributed by atoms with Crippen molar-refractivity contribution >= 4 is 119 Å². The lowest BCUT2D eigenvalue weighted by Gasteiger charge is -2.19. The molecule has 1 radical (unpaired) electrons. The molecule has 0 spiro atoms. The summed E-state index contributed by atoms with van der Waals surface area (Å²) >= 11 is 11.4. The molecule has 0 atom stereocenters. The first kappa shape index (κ1) is 21.9. The Labute approximate surface area is 221 Å². The highest BCUT2D eigenvalue weighted by Gasteiger charge is 2.21. The number of aliphatic hydroxyl groups excluding tert-OH is 1. The molecule has 7 heteroatoms. The first-order valence-electron chi connectivity index (χ1n) is 7.54. The highest BCUT2D eigenvalue weighted by atomic mass is 127. The lowest BCUT2D eigenvalue weighted by molar-refractivity contribution is 0.301. The van der Waals surface area contributed by atoms with E-state index in [1.165, 1.54) is 3.57 Å². The molecule has 0 saturated carbocycles. The molecule has 0 saturated heterocycles. The minimum absolute atomic E-state index is 0.396. The smallest absolute Gasteiger partial charge is 0.146 e. The number of halogens is 5. The summed E-state index contributed by atoms with van der Waals surface area (Å²) in [6.45, 7) is 0.552. The maximum atomic E-state index is 10.3. The largest absolute Gasteiger partial charge is 0.506 e. The zero-order valence-corrected chi connectivity index (χ0v) is 24.0. The van der Waals surface area contributed by atoms with E-state index in [1.807, 2.05) is 6.07 Å². The van der Waals surface area contributed by atoms with Gasteiger partial charge in [0, 0.05) is 7.15 Å². The van der Waals surface area contributed by atoms with Crippen LogP contribution in [0, 0.1) is 17.1 Å². The second-order valence-corrected chi connectivity index (χ2v) is 11.5. The van der Waals surface area contributed by atoms with Crippen LogP contribution in [0.1, 0.15) is 17.5 Å². The van der Waals surface area contributed by atoms with Crippen molar-refractivity contribution in [3.63, 3.8) is 0 Å². The summed E-state index contributed by atoms with van der Waals surface area (Å²) < 4.78 is 11.3. The molecule has 1 aliphatic carbocycles. The fraction of sp³-hybridized carbons (Fsp3) is 0.105. The molecule has 1 aliphatic rings. The number of rotatable bonds is 4. The predicted octanol–water partition coefficient (Wildman–Crippen LogP) is 8.04. The molecule has 2 aromatic carbocycles. The summed E-state index contributed by atoms with van der Waals surface area (Å²) in [7, 11) is 0. The van der Waals surface area contributed by atoms with Gasteiger partial charge in [0.15, 0.2) is 0 Å². The van der Waals surface area contributed by atoms with Crippen LogP contribution in [0.2, 0.25) is 0 Å². The van der Waals surface area contributed by atoms with E-state index in [4.69, 9.17) is 4.74 Å². The summed E-state index contributed by atoms with van der Waals surface area (Å²) in [6.07, 6.45) is 2.95. The predicted molar refractivity (Wildman–Crippen MR) is 149 cm³/mol. The Morgan fingerprint density at radius 2 is 1.65 bits per heavy atom. The number of benzene rings is 2. The summed E-state index contributed by atoms with van der Waals surface area (Å²) in [5.74, 6) is 1.31. The third-order valence-electron chi connectivity index (χ3n) is 3.77. The van der Waals surface area contributed by atoms with E-state index in [0.29, 0.717) is 12.4 Å². The van der Waals surface area contributed by atoms with Crippen LogP contribution in [0.5, 0.6) is 5.75 Å². The highest BCUT2D eigenvalue weighted by Crippen LogP contribution is 2.42. The number of allylic oxidation sites excluding steroid dienone is 3. The molecule has 0 aliphatic heterocycles. The molecule has 0 fully saturated rings. The van der Waals surface area contributed by atoms with E-state index < -0.39 is 0 Å². The van der Waals surface area contributed by atoms with Gasteiger partial charge in [0.1, 0.15) is 18.1 Å². The van der Waals surface area contributed by atoms with Crippen LogP contribution in [0.15, 0.2) is 49.3 Å². The molecule has 3 rings (SSSR count). The Bertz CT molecular complexity index is 895. The van der Waals surface area contributed by atoms with Gasteiger partial charge in [-0.15, -0.1) is 0 Å². The van der Waals surface area contributed by atoms with Gasteiger partial charge in [-0.1, -0.05) is 12.1 Å². The molecule has 26 heavy (non-hydrogen) atoms. The number of hydrogen-bond acceptors (Lipinski definition) is 2. The molecule has 0 aromatic heterocycles. The van der Waals surface area contributed by atoms with E-state index in [9.17, 15) is 5.11 Å². The van der Waals surface area contributed by atoms with Crippen molar-refractivity contribution in [2.45, 2.75) is 13.0 Å². The minimum atomic E-state index is 0.396. The lowest BCUT2D eigenvalue weighted by atomic mass is 9.96. The first-order valence-corrected chi connectivity index (χ1v) is 12.9. The average Bonchev–Trinajstić information content (AvgIpc) is 2.59. The Morgan fingerprint density at radius 1 is 0.962 bits per heavy atom. The lowest BCUT2D eigenvalue weighted by Crippen LogP contribution is -2.03. The fourth-order valence-electron chi connectivity index (χ4n) is 2.50. The van der Waals surface area contributed by atoms with Crippen molar-refractivity contribution in [2.75, 3.05) is 0 Å².